The van der Waals surface area contributed by atoms with Gasteiger partial charge in [0.2, 0.25) is 0 Å². The highest BCUT2D eigenvalue weighted by Crippen LogP contribution is 2.01. The predicted molar refractivity (Wildman–Crippen MR) is 46.9 cm³/mol. The zero-order valence-electron chi connectivity index (χ0n) is 5.27. The maximum Gasteiger partial charge on any atom is -0.00979 e. The highest BCUT2D eigenvalue weighted by molar-refractivity contribution is 7.80. The molecule has 0 aromatic heterocycles. The minimum Gasteiger partial charge on any atom is -0.179 e. The molecule has 0 spiro atoms. The van der Waals surface area contributed by atoms with Crippen LogP contribution < -0.4 is 0 Å². The zero-order chi connectivity index (χ0) is 6.24. The first-order valence-corrected chi connectivity index (χ1v) is 4.67. The van der Waals surface area contributed by atoms with Crippen LogP contribution in [0.25, 0.3) is 0 Å². The van der Waals surface area contributed by atoms with Crippen molar-refractivity contribution in [2.24, 2.45) is 0 Å². The Balaban J connectivity index is 2.53. The van der Waals surface area contributed by atoms with Crippen molar-refractivity contribution in [3.8, 4) is 0 Å². The van der Waals surface area contributed by atoms with Crippen LogP contribution in [0.1, 0.15) is 25.7 Å². The summed E-state index contributed by atoms with van der Waals surface area (Å²) in [5.41, 5.74) is 0. The van der Waals surface area contributed by atoms with E-state index in [4.69, 9.17) is 0 Å². The lowest BCUT2D eigenvalue weighted by molar-refractivity contribution is 0.712. The van der Waals surface area contributed by atoms with Gasteiger partial charge in [0.25, 0.3) is 0 Å². The molecule has 0 saturated carbocycles. The number of hydrogen-bond donors (Lipinski definition) is 1. The molecule has 1 unspecified atom stereocenters. The lowest BCUT2D eigenvalue weighted by Crippen LogP contribution is -1.78. The van der Waals surface area contributed by atoms with Gasteiger partial charge in [0, 0.05) is 0 Å². The van der Waals surface area contributed by atoms with Gasteiger partial charge in [-0.15, -0.1) is 9.24 Å². The van der Waals surface area contributed by atoms with E-state index in [1.54, 1.807) is 0 Å². The molecule has 0 nitrogen and oxygen atoms in total. The standard InChI is InChI=1S/C6H15PS/c7-5-3-1-2-4-6-8/h8H,1-7H2. The predicted octanol–water partition coefficient (Wildman–Crippen LogP) is 2.35. The third-order valence-corrected chi connectivity index (χ3v) is 1.84. The van der Waals surface area contributed by atoms with Crippen LogP contribution in [0.5, 0.6) is 0 Å². The van der Waals surface area contributed by atoms with E-state index in [0.29, 0.717) is 0 Å². The summed E-state index contributed by atoms with van der Waals surface area (Å²) >= 11 is 4.12. The highest BCUT2D eigenvalue weighted by atomic mass is 32.1. The molecule has 0 aromatic rings. The lowest BCUT2D eigenvalue weighted by Gasteiger charge is -1.93. The van der Waals surface area contributed by atoms with E-state index in [2.05, 4.69) is 21.9 Å². The fourth-order valence-corrected chi connectivity index (χ4v) is 1.12. The molecule has 0 fully saturated rings. The molecule has 0 N–H and O–H groups in total. The van der Waals surface area contributed by atoms with Gasteiger partial charge >= 0.3 is 0 Å². The number of hydrogen-bond acceptors (Lipinski definition) is 1. The second-order valence-electron chi connectivity index (χ2n) is 1.93. The molecule has 0 aromatic carbocycles. The molecule has 0 bridgehead atoms. The first-order chi connectivity index (χ1) is 3.91. The summed E-state index contributed by atoms with van der Waals surface area (Å²) in [6.07, 6.45) is 6.64. The van der Waals surface area contributed by atoms with Crippen LogP contribution in [0.4, 0.5) is 0 Å². The second kappa shape index (κ2) is 7.78. The maximum absolute atomic E-state index is 4.12. The van der Waals surface area contributed by atoms with Gasteiger partial charge in [0.05, 0.1) is 0 Å². The summed E-state index contributed by atoms with van der Waals surface area (Å²) in [5, 5.41) is 0. The molecule has 0 aliphatic carbocycles. The maximum atomic E-state index is 4.12. The van der Waals surface area contributed by atoms with Crippen LogP contribution in [0.3, 0.4) is 0 Å². The van der Waals surface area contributed by atoms with Crippen molar-refractivity contribution in [2.45, 2.75) is 25.7 Å². The molecule has 0 rings (SSSR count). The first-order valence-electron chi connectivity index (χ1n) is 3.22. The average molecular weight is 150 g/mol. The van der Waals surface area contributed by atoms with Gasteiger partial charge in [0.15, 0.2) is 0 Å². The fraction of sp³-hybridized carbons (Fsp3) is 1.00. The molecule has 1 atom stereocenters. The Labute approximate surface area is 60.0 Å². The summed E-state index contributed by atoms with van der Waals surface area (Å²) in [5.74, 6) is 1.05. The average Bonchev–Trinajstić information content (AvgIpc) is 1.81. The number of rotatable bonds is 5. The molecule has 0 aliphatic heterocycles. The molecule has 50 valence electrons. The summed E-state index contributed by atoms with van der Waals surface area (Å²) < 4.78 is 0. The van der Waals surface area contributed by atoms with E-state index in [0.717, 1.165) is 5.75 Å². The van der Waals surface area contributed by atoms with Crippen LogP contribution in [-0.4, -0.2) is 11.9 Å². The molecule has 0 heterocycles. The van der Waals surface area contributed by atoms with E-state index in [-0.39, 0.29) is 0 Å². The van der Waals surface area contributed by atoms with Crippen molar-refractivity contribution in [3.63, 3.8) is 0 Å². The van der Waals surface area contributed by atoms with Gasteiger partial charge in [0.1, 0.15) is 0 Å². The lowest BCUT2D eigenvalue weighted by atomic mass is 10.2. The minimum atomic E-state index is 1.05. The van der Waals surface area contributed by atoms with Crippen molar-refractivity contribution in [2.75, 3.05) is 11.9 Å². The van der Waals surface area contributed by atoms with Crippen molar-refractivity contribution in [1.82, 2.24) is 0 Å². The van der Waals surface area contributed by atoms with E-state index < -0.39 is 0 Å². The molecule has 8 heavy (non-hydrogen) atoms. The van der Waals surface area contributed by atoms with Gasteiger partial charge in [-0.05, 0) is 24.8 Å². The Morgan fingerprint density at radius 3 is 2.12 bits per heavy atom. The van der Waals surface area contributed by atoms with Gasteiger partial charge in [-0.3, -0.25) is 0 Å². The van der Waals surface area contributed by atoms with Crippen molar-refractivity contribution >= 4 is 21.9 Å². The Kier molecular flexibility index (Phi) is 8.54. The Bertz CT molecular complexity index is 33.5. The molecule has 0 saturated heterocycles. The molecule has 0 amide bonds. The zero-order valence-corrected chi connectivity index (χ0v) is 7.32. The van der Waals surface area contributed by atoms with Gasteiger partial charge in [-0.2, -0.15) is 12.6 Å². The first kappa shape index (κ1) is 8.78. The Morgan fingerprint density at radius 1 is 1.00 bits per heavy atom. The largest absolute Gasteiger partial charge is 0.179 e. The summed E-state index contributed by atoms with van der Waals surface area (Å²) in [4.78, 5) is 0. The quantitative estimate of drug-likeness (QED) is 0.347. The molecule has 0 aliphatic rings. The highest BCUT2D eigenvalue weighted by Gasteiger charge is 1.83. The Morgan fingerprint density at radius 2 is 1.62 bits per heavy atom. The van der Waals surface area contributed by atoms with Crippen molar-refractivity contribution < 1.29 is 0 Å². The monoisotopic (exact) mass is 150 g/mol. The van der Waals surface area contributed by atoms with Crippen molar-refractivity contribution in [3.05, 3.63) is 0 Å². The number of unbranched alkanes of at least 4 members (excludes halogenated alkanes) is 3. The van der Waals surface area contributed by atoms with Gasteiger partial charge in [-0.1, -0.05) is 12.8 Å². The summed E-state index contributed by atoms with van der Waals surface area (Å²) in [6, 6.07) is 0. The van der Waals surface area contributed by atoms with Crippen LogP contribution in [0, 0.1) is 0 Å². The summed E-state index contributed by atoms with van der Waals surface area (Å²) in [6.45, 7) is 0. The normalized spacial score (nSPS) is 9.75. The molecule has 2 heteroatoms. The molecular formula is C6H15PS. The van der Waals surface area contributed by atoms with Crippen LogP contribution in [0.2, 0.25) is 0 Å². The number of thiol groups is 1. The third kappa shape index (κ3) is 6.78. The second-order valence-corrected chi connectivity index (χ2v) is 2.95. The smallest absolute Gasteiger partial charge is 0.00979 e. The van der Waals surface area contributed by atoms with Gasteiger partial charge in [-0.25, -0.2) is 0 Å². The topological polar surface area (TPSA) is 0 Å². The van der Waals surface area contributed by atoms with Gasteiger partial charge < -0.3 is 0 Å². The van der Waals surface area contributed by atoms with E-state index in [9.17, 15) is 0 Å². The van der Waals surface area contributed by atoms with Crippen LogP contribution >= 0.6 is 21.9 Å². The molecule has 0 radical (unpaired) electrons. The van der Waals surface area contributed by atoms with E-state index in [1.807, 2.05) is 0 Å². The van der Waals surface area contributed by atoms with E-state index >= 15 is 0 Å². The third-order valence-electron chi connectivity index (χ3n) is 1.11. The SMILES string of the molecule is PCCCCCCS. The van der Waals surface area contributed by atoms with E-state index in [1.165, 1.54) is 31.8 Å². The Hall–Kier alpha value is 0.780. The van der Waals surface area contributed by atoms with Crippen LogP contribution in [-0.2, 0) is 0 Å². The van der Waals surface area contributed by atoms with Crippen LogP contribution in [0.15, 0.2) is 0 Å². The van der Waals surface area contributed by atoms with Crippen molar-refractivity contribution in [1.29, 1.82) is 0 Å². The minimum absolute atomic E-state index is 1.05. The summed E-state index contributed by atoms with van der Waals surface area (Å²) in [7, 11) is 2.75. The fourth-order valence-electron chi connectivity index (χ4n) is 0.610. The molecular weight excluding hydrogens is 135 g/mol.